The molecular weight excluding hydrogens is 381 g/mol. The number of halogens is 4. The second kappa shape index (κ2) is 5.92. The summed E-state index contributed by atoms with van der Waals surface area (Å²) in [6.45, 7) is 0.244. The lowest BCUT2D eigenvalue weighted by Crippen LogP contribution is -2.18. The van der Waals surface area contributed by atoms with Gasteiger partial charge in [0, 0.05) is 6.54 Å². The summed E-state index contributed by atoms with van der Waals surface area (Å²) in [6, 6.07) is 6.53. The molecule has 0 spiro atoms. The Morgan fingerprint density at radius 1 is 1.16 bits per heavy atom. The number of hydrogen-bond acceptors (Lipinski definition) is 3. The van der Waals surface area contributed by atoms with Crippen molar-refractivity contribution in [1.29, 1.82) is 0 Å². The van der Waals surface area contributed by atoms with Gasteiger partial charge in [-0.1, -0.05) is 23.7 Å². The third kappa shape index (κ3) is 3.29. The van der Waals surface area contributed by atoms with E-state index in [0.29, 0.717) is 17.7 Å². The summed E-state index contributed by atoms with van der Waals surface area (Å²) in [7, 11) is -4.43. The highest BCUT2D eigenvalue weighted by Gasteiger charge is 2.33. The number of alkyl halides is 3. The second-order valence-corrected chi connectivity index (χ2v) is 7.33. The number of carbonyl (C=O) groups is 1. The van der Waals surface area contributed by atoms with Crippen LogP contribution in [0.3, 0.4) is 0 Å². The van der Waals surface area contributed by atoms with Crippen molar-refractivity contribution < 1.29 is 26.4 Å². The molecule has 0 unspecified atom stereocenters. The van der Waals surface area contributed by atoms with Crippen LogP contribution in [0.1, 0.15) is 21.5 Å². The van der Waals surface area contributed by atoms with E-state index in [1.54, 1.807) is 6.07 Å². The lowest BCUT2D eigenvalue weighted by atomic mass is 10.1. The number of benzene rings is 2. The molecule has 132 valence electrons. The van der Waals surface area contributed by atoms with Gasteiger partial charge in [0.05, 0.1) is 21.8 Å². The molecule has 1 aliphatic heterocycles. The first kappa shape index (κ1) is 17.6. The molecule has 2 N–H and O–H groups in total. The summed E-state index contributed by atoms with van der Waals surface area (Å²) in [5.41, 5.74) is -0.455. The molecule has 2 aromatic rings. The van der Waals surface area contributed by atoms with Gasteiger partial charge in [-0.25, -0.2) is 8.42 Å². The van der Waals surface area contributed by atoms with E-state index in [9.17, 15) is 26.4 Å². The molecule has 1 amide bonds. The van der Waals surface area contributed by atoms with Crippen LogP contribution in [0.5, 0.6) is 0 Å². The van der Waals surface area contributed by atoms with Gasteiger partial charge in [0.25, 0.3) is 15.9 Å². The molecule has 10 heteroatoms. The molecule has 0 aliphatic carbocycles. The molecule has 0 aromatic heterocycles. The number of nitrogens with one attached hydrogen (secondary N) is 2. The van der Waals surface area contributed by atoms with Gasteiger partial charge in [-0.2, -0.15) is 13.2 Å². The predicted molar refractivity (Wildman–Crippen MR) is 84.9 cm³/mol. The average molecular weight is 391 g/mol. The van der Waals surface area contributed by atoms with Gasteiger partial charge in [0.15, 0.2) is 0 Å². The zero-order valence-electron chi connectivity index (χ0n) is 12.3. The van der Waals surface area contributed by atoms with Crippen molar-refractivity contribution in [2.45, 2.75) is 17.6 Å². The van der Waals surface area contributed by atoms with E-state index in [-0.39, 0.29) is 22.8 Å². The number of sulfonamides is 1. The first-order valence-electron chi connectivity index (χ1n) is 6.89. The molecule has 5 nitrogen and oxygen atoms in total. The quantitative estimate of drug-likeness (QED) is 0.843. The van der Waals surface area contributed by atoms with Crippen molar-refractivity contribution in [3.63, 3.8) is 0 Å². The van der Waals surface area contributed by atoms with Crippen molar-refractivity contribution in [2.24, 2.45) is 0 Å². The summed E-state index contributed by atoms with van der Waals surface area (Å²) in [4.78, 5) is 11.1. The third-order valence-corrected chi connectivity index (χ3v) is 5.46. The highest BCUT2D eigenvalue weighted by molar-refractivity contribution is 7.92. The molecule has 0 saturated carbocycles. The number of amides is 1. The minimum Gasteiger partial charge on any atom is -0.348 e. The van der Waals surface area contributed by atoms with Gasteiger partial charge >= 0.3 is 6.18 Å². The summed E-state index contributed by atoms with van der Waals surface area (Å²) < 4.78 is 65.7. The van der Waals surface area contributed by atoms with Crippen molar-refractivity contribution in [3.8, 4) is 0 Å². The molecule has 0 atom stereocenters. The van der Waals surface area contributed by atoms with Gasteiger partial charge in [-0.05, 0) is 29.8 Å². The van der Waals surface area contributed by atoms with E-state index in [2.05, 4.69) is 10.0 Å². The molecular formula is C15H10ClF3N2O3S. The Bertz CT molecular complexity index is 974. The molecule has 1 aliphatic rings. The number of carbonyl (C=O) groups excluding carboxylic acids is 1. The SMILES string of the molecule is O=C1NCc2cccc(NS(=O)(=O)c3cc(C(F)(F)F)ccc3Cl)c21. The minimum atomic E-state index is -4.72. The lowest BCUT2D eigenvalue weighted by Gasteiger charge is -2.14. The summed E-state index contributed by atoms with van der Waals surface area (Å²) >= 11 is 5.78. The summed E-state index contributed by atoms with van der Waals surface area (Å²) in [5, 5.41) is 2.18. The number of anilines is 1. The Balaban J connectivity index is 2.05. The zero-order valence-corrected chi connectivity index (χ0v) is 13.9. The number of fused-ring (bicyclic) bond motifs is 1. The highest BCUT2D eigenvalue weighted by Crippen LogP contribution is 2.34. The average Bonchev–Trinajstić information content (AvgIpc) is 2.88. The van der Waals surface area contributed by atoms with E-state index >= 15 is 0 Å². The summed E-state index contributed by atoms with van der Waals surface area (Å²) in [6.07, 6.45) is -4.72. The second-order valence-electron chi connectivity index (χ2n) is 5.27. The van der Waals surface area contributed by atoms with E-state index in [1.807, 2.05) is 0 Å². The van der Waals surface area contributed by atoms with Gasteiger partial charge in [-0.3, -0.25) is 9.52 Å². The number of hydrogen-bond donors (Lipinski definition) is 2. The van der Waals surface area contributed by atoms with E-state index in [4.69, 9.17) is 11.6 Å². The Morgan fingerprint density at radius 3 is 2.56 bits per heavy atom. The van der Waals surface area contributed by atoms with Crippen LogP contribution in [-0.4, -0.2) is 14.3 Å². The van der Waals surface area contributed by atoms with Crippen LogP contribution >= 0.6 is 11.6 Å². The van der Waals surface area contributed by atoms with Crippen LogP contribution in [0.25, 0.3) is 0 Å². The molecule has 0 fully saturated rings. The third-order valence-electron chi connectivity index (χ3n) is 3.61. The van der Waals surface area contributed by atoms with Crippen LogP contribution in [0.15, 0.2) is 41.3 Å². The van der Waals surface area contributed by atoms with Crippen molar-refractivity contribution >= 4 is 33.2 Å². The first-order valence-corrected chi connectivity index (χ1v) is 8.75. The van der Waals surface area contributed by atoms with Crippen molar-refractivity contribution in [2.75, 3.05) is 4.72 Å². The van der Waals surface area contributed by atoms with Crippen LogP contribution in [0, 0.1) is 0 Å². The first-order chi connectivity index (χ1) is 11.6. The number of rotatable bonds is 3. The topological polar surface area (TPSA) is 75.3 Å². The Kier molecular flexibility index (Phi) is 4.16. The smallest absolute Gasteiger partial charge is 0.348 e. The normalized spacial score (nSPS) is 14.2. The van der Waals surface area contributed by atoms with E-state index in [1.165, 1.54) is 12.1 Å². The molecule has 0 bridgehead atoms. The van der Waals surface area contributed by atoms with Crippen LogP contribution in [0.2, 0.25) is 5.02 Å². The molecule has 2 aromatic carbocycles. The van der Waals surface area contributed by atoms with E-state index in [0.717, 1.165) is 6.07 Å². The fraction of sp³-hybridized carbons (Fsp3) is 0.133. The molecule has 3 rings (SSSR count). The monoisotopic (exact) mass is 390 g/mol. The largest absolute Gasteiger partial charge is 0.416 e. The minimum absolute atomic E-state index is 0.0269. The van der Waals surface area contributed by atoms with Gasteiger partial charge in [0.1, 0.15) is 4.90 Å². The maximum atomic E-state index is 12.8. The molecule has 0 radical (unpaired) electrons. The standard InChI is InChI=1S/C15H10ClF3N2O3S/c16-10-5-4-9(15(17,18)19)6-12(10)25(23,24)21-11-3-1-2-8-7-20-14(22)13(8)11/h1-6,21H,7H2,(H,20,22). The highest BCUT2D eigenvalue weighted by atomic mass is 35.5. The zero-order chi connectivity index (χ0) is 18.4. The molecule has 1 heterocycles. The molecule has 25 heavy (non-hydrogen) atoms. The lowest BCUT2D eigenvalue weighted by molar-refractivity contribution is -0.137. The van der Waals surface area contributed by atoms with Gasteiger partial charge in [-0.15, -0.1) is 0 Å². The Hall–Kier alpha value is -2.26. The summed E-state index contributed by atoms with van der Waals surface area (Å²) in [5.74, 6) is -0.469. The Morgan fingerprint density at radius 2 is 1.88 bits per heavy atom. The van der Waals surface area contributed by atoms with Crippen molar-refractivity contribution in [1.82, 2.24) is 5.32 Å². The van der Waals surface area contributed by atoms with Crippen LogP contribution in [-0.2, 0) is 22.7 Å². The fourth-order valence-electron chi connectivity index (χ4n) is 2.45. The van der Waals surface area contributed by atoms with Gasteiger partial charge < -0.3 is 5.32 Å². The van der Waals surface area contributed by atoms with Crippen LogP contribution < -0.4 is 10.0 Å². The van der Waals surface area contributed by atoms with Gasteiger partial charge in [0.2, 0.25) is 0 Å². The maximum Gasteiger partial charge on any atom is 0.416 e. The van der Waals surface area contributed by atoms with E-state index < -0.39 is 32.6 Å². The fourth-order valence-corrected chi connectivity index (χ4v) is 4.05. The maximum absolute atomic E-state index is 12.8. The van der Waals surface area contributed by atoms with Crippen molar-refractivity contribution in [3.05, 3.63) is 58.1 Å². The van der Waals surface area contributed by atoms with Crippen LogP contribution in [0.4, 0.5) is 18.9 Å². The predicted octanol–water partition coefficient (Wildman–Crippen LogP) is 3.40. The Labute approximate surface area is 145 Å². The molecule has 0 saturated heterocycles.